The van der Waals surface area contributed by atoms with Crippen molar-refractivity contribution in [1.29, 1.82) is 0 Å². The van der Waals surface area contributed by atoms with Crippen molar-refractivity contribution < 1.29 is 14.5 Å². The van der Waals surface area contributed by atoms with Crippen LogP contribution >= 0.6 is 0 Å². The highest BCUT2D eigenvalue weighted by Crippen LogP contribution is 2.18. The second-order valence-electron chi connectivity index (χ2n) is 4.73. The highest BCUT2D eigenvalue weighted by atomic mass is 16.6. The molecule has 0 fully saturated rings. The number of aryl methyl sites for hydroxylation is 1. The molecule has 118 valence electrons. The molecule has 2 rings (SSSR count). The molecule has 0 unspecified atom stereocenters. The number of hydrogen-bond acceptors (Lipinski definition) is 5. The van der Waals surface area contributed by atoms with Crippen molar-refractivity contribution in [3.05, 3.63) is 69.3 Å². The maximum Gasteiger partial charge on any atom is 0.272 e. The molecule has 0 spiro atoms. The minimum absolute atomic E-state index is 0.0247. The van der Waals surface area contributed by atoms with Gasteiger partial charge in [0.05, 0.1) is 18.2 Å². The van der Waals surface area contributed by atoms with Crippen molar-refractivity contribution in [2.75, 3.05) is 7.11 Å². The Labute approximate surface area is 132 Å². The zero-order chi connectivity index (χ0) is 16.8. The normalized spacial score (nSPS) is 10.5. The fourth-order valence-corrected chi connectivity index (χ4v) is 1.92. The number of carbonyl (C=O) groups is 1. The van der Waals surface area contributed by atoms with Crippen molar-refractivity contribution >= 4 is 17.8 Å². The molecule has 0 radical (unpaired) electrons. The van der Waals surface area contributed by atoms with Gasteiger partial charge in [0.1, 0.15) is 5.75 Å². The summed E-state index contributed by atoms with van der Waals surface area (Å²) in [5.41, 5.74) is 3.88. The van der Waals surface area contributed by atoms with Crippen LogP contribution in [0, 0.1) is 17.0 Å². The molecule has 0 saturated heterocycles. The number of hydrazone groups is 1. The number of benzene rings is 2. The Kier molecular flexibility index (Phi) is 5.03. The van der Waals surface area contributed by atoms with Gasteiger partial charge in [-0.25, -0.2) is 5.43 Å². The highest BCUT2D eigenvalue weighted by molar-refractivity contribution is 5.95. The molecule has 0 aliphatic heterocycles. The number of amides is 1. The third-order valence-corrected chi connectivity index (χ3v) is 3.15. The van der Waals surface area contributed by atoms with E-state index in [0.29, 0.717) is 11.1 Å². The van der Waals surface area contributed by atoms with E-state index in [1.54, 1.807) is 38.3 Å². The summed E-state index contributed by atoms with van der Waals surface area (Å²) in [7, 11) is 1.58. The zero-order valence-corrected chi connectivity index (χ0v) is 12.6. The quantitative estimate of drug-likeness (QED) is 0.521. The number of methoxy groups -OCH3 is 1. The van der Waals surface area contributed by atoms with Crippen LogP contribution in [-0.4, -0.2) is 24.2 Å². The largest absolute Gasteiger partial charge is 0.497 e. The zero-order valence-electron chi connectivity index (χ0n) is 12.6. The van der Waals surface area contributed by atoms with Crippen LogP contribution in [0.4, 0.5) is 5.69 Å². The van der Waals surface area contributed by atoms with E-state index in [-0.39, 0.29) is 5.69 Å². The van der Waals surface area contributed by atoms with Gasteiger partial charge in [0.25, 0.3) is 11.6 Å². The highest BCUT2D eigenvalue weighted by Gasteiger charge is 2.13. The van der Waals surface area contributed by atoms with Crippen molar-refractivity contribution in [2.24, 2.45) is 5.10 Å². The molecule has 23 heavy (non-hydrogen) atoms. The van der Waals surface area contributed by atoms with E-state index in [2.05, 4.69) is 10.5 Å². The first-order chi connectivity index (χ1) is 11.0. The second-order valence-corrected chi connectivity index (χ2v) is 4.73. The van der Waals surface area contributed by atoms with E-state index in [0.717, 1.165) is 11.3 Å². The first-order valence-corrected chi connectivity index (χ1v) is 6.74. The third kappa shape index (κ3) is 4.13. The summed E-state index contributed by atoms with van der Waals surface area (Å²) in [5, 5.41) is 14.6. The third-order valence-electron chi connectivity index (χ3n) is 3.15. The average molecular weight is 313 g/mol. The maximum atomic E-state index is 12.0. The summed E-state index contributed by atoms with van der Waals surface area (Å²) in [6, 6.07) is 11.3. The van der Waals surface area contributed by atoms with Gasteiger partial charge in [-0.05, 0) is 48.9 Å². The predicted octanol–water partition coefficient (Wildman–Crippen LogP) is 2.68. The molecular formula is C16H15N3O4. The van der Waals surface area contributed by atoms with E-state index in [9.17, 15) is 14.9 Å². The van der Waals surface area contributed by atoms with Gasteiger partial charge >= 0.3 is 0 Å². The molecule has 1 N–H and O–H groups in total. The Balaban J connectivity index is 2.02. The molecule has 0 aliphatic carbocycles. The molecule has 0 aromatic heterocycles. The van der Waals surface area contributed by atoms with Gasteiger partial charge in [-0.1, -0.05) is 0 Å². The van der Waals surface area contributed by atoms with Crippen molar-refractivity contribution in [3.8, 4) is 5.75 Å². The van der Waals surface area contributed by atoms with E-state index in [4.69, 9.17) is 4.74 Å². The molecule has 0 aliphatic rings. The van der Waals surface area contributed by atoms with Crippen LogP contribution in [0.3, 0.4) is 0 Å². The van der Waals surface area contributed by atoms with E-state index >= 15 is 0 Å². The number of nitrogens with zero attached hydrogens (tertiary/aromatic N) is 2. The summed E-state index contributed by atoms with van der Waals surface area (Å²) in [6.45, 7) is 1.58. The number of nitrogens with one attached hydrogen (secondary N) is 1. The average Bonchev–Trinajstić information content (AvgIpc) is 2.55. The van der Waals surface area contributed by atoms with Crippen LogP contribution in [0.25, 0.3) is 0 Å². The summed E-state index contributed by atoms with van der Waals surface area (Å²) >= 11 is 0. The molecule has 7 heteroatoms. The van der Waals surface area contributed by atoms with Crippen LogP contribution in [0.5, 0.6) is 5.75 Å². The molecule has 1 amide bonds. The number of carbonyl (C=O) groups excluding carboxylic acids is 1. The molecule has 0 bridgehead atoms. The van der Waals surface area contributed by atoms with Gasteiger partial charge in [-0.3, -0.25) is 14.9 Å². The Morgan fingerprint density at radius 1 is 1.26 bits per heavy atom. The number of ether oxygens (including phenoxy) is 1. The van der Waals surface area contributed by atoms with E-state index in [1.807, 2.05) is 0 Å². The SMILES string of the molecule is COc1ccc(C=NNC(=O)c2ccc([N+](=O)[O-])c(C)c2)cc1. The van der Waals surface area contributed by atoms with Gasteiger partial charge in [0.2, 0.25) is 0 Å². The second kappa shape index (κ2) is 7.17. The summed E-state index contributed by atoms with van der Waals surface area (Å²) in [5.74, 6) is 0.292. The van der Waals surface area contributed by atoms with Crippen LogP contribution in [-0.2, 0) is 0 Å². The fraction of sp³-hybridized carbons (Fsp3) is 0.125. The van der Waals surface area contributed by atoms with Gasteiger partial charge in [0.15, 0.2) is 0 Å². The molecule has 7 nitrogen and oxygen atoms in total. The Bertz CT molecular complexity index is 754. The smallest absolute Gasteiger partial charge is 0.272 e. The van der Waals surface area contributed by atoms with Crippen LogP contribution < -0.4 is 10.2 Å². The van der Waals surface area contributed by atoms with Gasteiger partial charge in [0, 0.05) is 17.2 Å². The molecule has 0 atom stereocenters. The number of hydrogen-bond donors (Lipinski definition) is 1. The lowest BCUT2D eigenvalue weighted by molar-refractivity contribution is -0.385. The van der Waals surface area contributed by atoms with Gasteiger partial charge < -0.3 is 4.74 Å². The fourth-order valence-electron chi connectivity index (χ4n) is 1.92. The lowest BCUT2D eigenvalue weighted by Gasteiger charge is -2.02. The summed E-state index contributed by atoms with van der Waals surface area (Å²) in [6.07, 6.45) is 1.50. The first kappa shape index (κ1) is 16.2. The van der Waals surface area contributed by atoms with Crippen LogP contribution in [0.1, 0.15) is 21.5 Å². The molecule has 2 aromatic carbocycles. The predicted molar refractivity (Wildman–Crippen MR) is 85.9 cm³/mol. The maximum absolute atomic E-state index is 12.0. The number of rotatable bonds is 5. The summed E-state index contributed by atoms with van der Waals surface area (Å²) in [4.78, 5) is 22.2. The number of nitro benzene ring substituents is 1. The summed E-state index contributed by atoms with van der Waals surface area (Å²) < 4.78 is 5.05. The topological polar surface area (TPSA) is 93.8 Å². The van der Waals surface area contributed by atoms with Crippen LogP contribution in [0.15, 0.2) is 47.6 Å². The van der Waals surface area contributed by atoms with Gasteiger partial charge in [-0.15, -0.1) is 0 Å². The Morgan fingerprint density at radius 3 is 2.52 bits per heavy atom. The molecule has 2 aromatic rings. The lowest BCUT2D eigenvalue weighted by Crippen LogP contribution is -2.17. The standard InChI is InChI=1S/C16H15N3O4/c1-11-9-13(5-8-15(11)19(21)22)16(20)18-17-10-12-3-6-14(23-2)7-4-12/h3-10H,1-2H3,(H,18,20). The molecular weight excluding hydrogens is 298 g/mol. The van der Waals surface area contributed by atoms with Gasteiger partial charge in [-0.2, -0.15) is 5.10 Å². The number of nitro groups is 1. The lowest BCUT2D eigenvalue weighted by atomic mass is 10.1. The van der Waals surface area contributed by atoms with Crippen molar-refractivity contribution in [2.45, 2.75) is 6.92 Å². The molecule has 0 heterocycles. The molecule has 0 saturated carbocycles. The van der Waals surface area contributed by atoms with Crippen molar-refractivity contribution in [3.63, 3.8) is 0 Å². The minimum atomic E-state index is -0.487. The first-order valence-electron chi connectivity index (χ1n) is 6.74. The van der Waals surface area contributed by atoms with E-state index in [1.165, 1.54) is 24.4 Å². The Morgan fingerprint density at radius 2 is 1.96 bits per heavy atom. The van der Waals surface area contributed by atoms with E-state index < -0.39 is 10.8 Å². The minimum Gasteiger partial charge on any atom is -0.497 e. The monoisotopic (exact) mass is 313 g/mol. The Hall–Kier alpha value is -3.22. The van der Waals surface area contributed by atoms with Crippen molar-refractivity contribution in [1.82, 2.24) is 5.43 Å². The van der Waals surface area contributed by atoms with Crippen LogP contribution in [0.2, 0.25) is 0 Å².